The molecule has 2 aromatic carbocycles. The van der Waals surface area contributed by atoms with Gasteiger partial charge >= 0.3 is 6.61 Å². The fourth-order valence-electron chi connectivity index (χ4n) is 2.74. The van der Waals surface area contributed by atoms with Gasteiger partial charge in [0.15, 0.2) is 5.82 Å². The van der Waals surface area contributed by atoms with Crippen LogP contribution in [0.5, 0.6) is 5.75 Å². The van der Waals surface area contributed by atoms with E-state index < -0.39 is 6.61 Å². The number of nitrogen functional groups attached to an aromatic ring is 1. The number of nitrogens with zero attached hydrogens (tertiary/aromatic N) is 3. The van der Waals surface area contributed by atoms with Gasteiger partial charge in [-0.25, -0.2) is 4.68 Å². The van der Waals surface area contributed by atoms with Gasteiger partial charge in [-0.1, -0.05) is 56.8 Å². The van der Waals surface area contributed by atoms with Crippen molar-refractivity contribution < 1.29 is 18.3 Å². The molecule has 0 bridgehead atoms. The SMILES string of the molecule is CC(C)(C)c1ccc(-c2nnc(SCC(=O)Nc3ccc(OC(F)F)cc3)n2N)cc1. The normalized spacial score (nSPS) is 11.5. The molecular formula is C21H23F2N5O2S. The molecule has 0 aliphatic carbocycles. The number of aromatic nitrogens is 3. The summed E-state index contributed by atoms with van der Waals surface area (Å²) >= 11 is 1.14. The maximum atomic E-state index is 12.2. The first kappa shape index (κ1) is 22.5. The minimum atomic E-state index is -2.90. The van der Waals surface area contributed by atoms with Crippen molar-refractivity contribution in [3.63, 3.8) is 0 Å². The Hall–Kier alpha value is -3.14. The summed E-state index contributed by atoms with van der Waals surface area (Å²) in [6.45, 7) is 3.52. The molecule has 0 fully saturated rings. The van der Waals surface area contributed by atoms with Crippen LogP contribution in [0.4, 0.5) is 14.5 Å². The molecule has 3 N–H and O–H groups in total. The summed E-state index contributed by atoms with van der Waals surface area (Å²) in [5.74, 6) is 6.38. The van der Waals surface area contributed by atoms with E-state index >= 15 is 0 Å². The molecule has 1 amide bonds. The van der Waals surface area contributed by atoms with Gasteiger partial charge in [0.2, 0.25) is 11.1 Å². The predicted octanol–water partition coefficient (Wildman–Crippen LogP) is 4.29. The van der Waals surface area contributed by atoms with Crippen LogP contribution in [0.3, 0.4) is 0 Å². The number of thioether (sulfide) groups is 1. The van der Waals surface area contributed by atoms with Gasteiger partial charge in [0.1, 0.15) is 5.75 Å². The highest BCUT2D eigenvalue weighted by Gasteiger charge is 2.17. The number of halogens is 2. The van der Waals surface area contributed by atoms with Crippen molar-refractivity contribution in [1.29, 1.82) is 0 Å². The van der Waals surface area contributed by atoms with Crippen LogP contribution < -0.4 is 15.9 Å². The van der Waals surface area contributed by atoms with Gasteiger partial charge in [-0.2, -0.15) is 8.78 Å². The van der Waals surface area contributed by atoms with Crippen molar-refractivity contribution in [2.24, 2.45) is 0 Å². The van der Waals surface area contributed by atoms with Gasteiger partial charge in [0, 0.05) is 11.3 Å². The van der Waals surface area contributed by atoms with Gasteiger partial charge in [-0.05, 0) is 35.2 Å². The summed E-state index contributed by atoms with van der Waals surface area (Å²) in [6, 6.07) is 13.6. The molecule has 3 rings (SSSR count). The Morgan fingerprint density at radius 2 is 1.77 bits per heavy atom. The lowest BCUT2D eigenvalue weighted by Crippen LogP contribution is -2.16. The number of nitrogens with two attached hydrogens (primary N) is 1. The molecule has 0 unspecified atom stereocenters. The molecule has 0 radical (unpaired) electrons. The number of anilines is 1. The molecule has 7 nitrogen and oxygen atoms in total. The highest BCUT2D eigenvalue weighted by Crippen LogP contribution is 2.26. The first-order valence-corrected chi connectivity index (χ1v) is 10.4. The smallest absolute Gasteiger partial charge is 0.387 e. The quantitative estimate of drug-likeness (QED) is 0.414. The number of hydrogen-bond donors (Lipinski definition) is 2. The Morgan fingerprint density at radius 1 is 1.13 bits per heavy atom. The van der Waals surface area contributed by atoms with Crippen LogP contribution in [-0.4, -0.2) is 33.1 Å². The van der Waals surface area contributed by atoms with Crippen molar-refractivity contribution >= 4 is 23.4 Å². The fraction of sp³-hybridized carbons (Fsp3) is 0.286. The summed E-state index contributed by atoms with van der Waals surface area (Å²) in [4.78, 5) is 12.2. The summed E-state index contributed by atoms with van der Waals surface area (Å²) in [5.41, 5.74) is 2.52. The Labute approximate surface area is 183 Å². The zero-order chi connectivity index (χ0) is 22.6. The lowest BCUT2D eigenvalue weighted by Gasteiger charge is -2.19. The van der Waals surface area contributed by atoms with Crippen molar-refractivity contribution in [3.05, 3.63) is 54.1 Å². The highest BCUT2D eigenvalue weighted by molar-refractivity contribution is 7.99. The van der Waals surface area contributed by atoms with Crippen LogP contribution in [0.1, 0.15) is 26.3 Å². The number of ether oxygens (including phenoxy) is 1. The average Bonchev–Trinajstić information content (AvgIpc) is 3.07. The molecule has 0 saturated carbocycles. The monoisotopic (exact) mass is 447 g/mol. The summed E-state index contributed by atoms with van der Waals surface area (Å²) < 4.78 is 30.0. The molecule has 0 aliphatic heterocycles. The minimum absolute atomic E-state index is 0.0154. The van der Waals surface area contributed by atoms with Crippen LogP contribution in [0.2, 0.25) is 0 Å². The van der Waals surface area contributed by atoms with E-state index in [9.17, 15) is 13.6 Å². The molecule has 0 aliphatic rings. The van der Waals surface area contributed by atoms with Crippen LogP contribution in [0.15, 0.2) is 53.7 Å². The van der Waals surface area contributed by atoms with E-state index in [4.69, 9.17) is 5.84 Å². The number of carbonyl (C=O) groups is 1. The van der Waals surface area contributed by atoms with Gasteiger partial charge in [-0.3, -0.25) is 4.79 Å². The maximum absolute atomic E-state index is 12.2. The highest BCUT2D eigenvalue weighted by atomic mass is 32.2. The van der Waals surface area contributed by atoms with Gasteiger partial charge < -0.3 is 15.9 Å². The third-order valence-electron chi connectivity index (χ3n) is 4.37. The molecule has 1 aromatic heterocycles. The van der Waals surface area contributed by atoms with E-state index in [2.05, 4.69) is 41.0 Å². The molecule has 31 heavy (non-hydrogen) atoms. The second-order valence-electron chi connectivity index (χ2n) is 7.74. The number of hydrogen-bond acceptors (Lipinski definition) is 6. The Bertz CT molecular complexity index is 1030. The Balaban J connectivity index is 1.59. The molecule has 3 aromatic rings. The van der Waals surface area contributed by atoms with Crippen LogP contribution >= 0.6 is 11.8 Å². The topological polar surface area (TPSA) is 95.1 Å². The molecule has 10 heteroatoms. The van der Waals surface area contributed by atoms with E-state index in [1.807, 2.05) is 24.3 Å². The third kappa shape index (κ3) is 5.94. The number of rotatable bonds is 7. The lowest BCUT2D eigenvalue weighted by molar-refractivity contribution is -0.113. The van der Waals surface area contributed by atoms with E-state index in [1.165, 1.54) is 34.5 Å². The van der Waals surface area contributed by atoms with E-state index in [-0.39, 0.29) is 22.8 Å². The van der Waals surface area contributed by atoms with Crippen LogP contribution in [0, 0.1) is 0 Å². The third-order valence-corrected chi connectivity index (χ3v) is 5.31. The summed E-state index contributed by atoms with van der Waals surface area (Å²) in [5, 5.41) is 11.3. The van der Waals surface area contributed by atoms with Gasteiger partial charge in [0.05, 0.1) is 5.75 Å². The first-order chi connectivity index (χ1) is 14.6. The number of nitrogens with one attached hydrogen (secondary N) is 1. The minimum Gasteiger partial charge on any atom is -0.435 e. The second kappa shape index (κ2) is 9.34. The van der Waals surface area contributed by atoms with Crippen LogP contribution in [0.25, 0.3) is 11.4 Å². The lowest BCUT2D eigenvalue weighted by atomic mass is 9.87. The summed E-state index contributed by atoms with van der Waals surface area (Å²) in [6.07, 6.45) is 0. The molecule has 164 valence electrons. The van der Waals surface area contributed by atoms with Gasteiger partial charge in [-0.15, -0.1) is 10.2 Å². The maximum Gasteiger partial charge on any atom is 0.387 e. The van der Waals surface area contributed by atoms with Crippen molar-refractivity contribution in [3.8, 4) is 17.1 Å². The predicted molar refractivity (Wildman–Crippen MR) is 117 cm³/mol. The number of carbonyl (C=O) groups excluding carboxylic acids is 1. The van der Waals surface area contributed by atoms with Crippen molar-refractivity contribution in [1.82, 2.24) is 14.9 Å². The zero-order valence-electron chi connectivity index (χ0n) is 17.3. The second-order valence-corrected chi connectivity index (χ2v) is 8.69. The van der Waals surface area contributed by atoms with Crippen LogP contribution in [-0.2, 0) is 10.2 Å². The Kier molecular flexibility index (Phi) is 6.79. The molecule has 0 saturated heterocycles. The first-order valence-electron chi connectivity index (χ1n) is 9.42. The number of benzene rings is 2. The molecule has 0 spiro atoms. The van der Waals surface area contributed by atoms with Crippen molar-refractivity contribution in [2.75, 3.05) is 16.9 Å². The molecule has 1 heterocycles. The number of amides is 1. The molecular weight excluding hydrogens is 424 g/mol. The standard InChI is InChI=1S/C21H23F2N5O2S/c1-21(2,3)14-6-4-13(5-7-14)18-26-27-20(28(18)24)31-12-17(29)25-15-8-10-16(11-9-15)30-19(22)23/h4-11,19H,12,24H2,1-3H3,(H,25,29). The van der Waals surface area contributed by atoms with E-state index in [1.54, 1.807) is 0 Å². The number of alkyl halides is 2. The largest absolute Gasteiger partial charge is 0.435 e. The zero-order valence-corrected chi connectivity index (χ0v) is 18.1. The molecule has 0 atom stereocenters. The Morgan fingerprint density at radius 3 is 2.35 bits per heavy atom. The van der Waals surface area contributed by atoms with Gasteiger partial charge in [0.25, 0.3) is 0 Å². The summed E-state index contributed by atoms with van der Waals surface area (Å²) in [7, 11) is 0. The van der Waals surface area contributed by atoms with Crippen molar-refractivity contribution in [2.45, 2.75) is 38.0 Å². The van der Waals surface area contributed by atoms with E-state index in [0.717, 1.165) is 17.3 Å². The fourth-order valence-corrected chi connectivity index (χ4v) is 3.39. The average molecular weight is 448 g/mol. The van der Waals surface area contributed by atoms with E-state index in [0.29, 0.717) is 16.7 Å².